The molecule has 89 heavy (non-hydrogen) atoms. The van der Waals surface area contributed by atoms with Crippen molar-refractivity contribution in [2.45, 2.75) is 93.9 Å². The van der Waals surface area contributed by atoms with Gasteiger partial charge in [-0.2, -0.15) is 0 Å². The molecular formula is C50H91NO25S11Y2-2. The molecule has 26 nitrogen and oxygen atoms in total. The van der Waals surface area contributed by atoms with Gasteiger partial charge in [-0.1, -0.05) is 124 Å². The van der Waals surface area contributed by atoms with Gasteiger partial charge in [-0.25, -0.2) is 58.9 Å². The van der Waals surface area contributed by atoms with Crippen molar-refractivity contribution in [1.82, 2.24) is 5.32 Å². The number of rotatable bonds is 33. The molecule has 1 aromatic rings. The fourth-order valence-corrected chi connectivity index (χ4v) is 13.2. The van der Waals surface area contributed by atoms with Crippen LogP contribution < -0.4 is 5.32 Å². The number of nitrogens with one attached hydrogen (secondary N) is 1. The minimum absolute atomic E-state index is 0. The maximum Gasteiger partial charge on any atom is 0.316 e. The van der Waals surface area contributed by atoms with Crippen LogP contribution in [-0.2, 0) is 210 Å². The number of benzene rings is 1. The van der Waals surface area contributed by atoms with Crippen molar-refractivity contribution < 1.29 is 175 Å². The molecule has 0 saturated carbocycles. The van der Waals surface area contributed by atoms with Gasteiger partial charge in [0.05, 0.1) is 47.9 Å². The van der Waals surface area contributed by atoms with Gasteiger partial charge in [0.2, 0.25) is 5.91 Å². The third-order valence-corrected chi connectivity index (χ3v) is 20.6. The molecule has 2 radical (unpaired) electrons. The first-order chi connectivity index (χ1) is 39.4. The average Bonchev–Trinajstić information content (AvgIpc) is 3.38. The van der Waals surface area contributed by atoms with E-state index < -0.39 is 135 Å². The molecule has 1 amide bonds. The van der Waals surface area contributed by atoms with Crippen molar-refractivity contribution in [1.29, 1.82) is 0 Å². The molecule has 0 aliphatic rings. The van der Waals surface area contributed by atoms with Crippen molar-refractivity contribution in [3.05, 3.63) is 72.0 Å². The SMILES string of the molecule is C=C(CS(C)(=O)=O)C(=O)CC.C=CS(=O)(=O)CCCC.C=CS(=O)(=O)CCOCC.CC(=O)C(C[S-](=O)=O)CS(C)(=O)=O.CCC(=O)C(C[S-](=O)=O)CS(C)(=O)=O.CCC(=O)NCSS(C)(=O)=O.CCOC(=O)CSS(C)(=O)=O.CCc1ccccc1.[Y].[Y]. The zero-order valence-electron chi connectivity index (χ0n) is 52.9. The molecule has 520 valence electrons. The third kappa shape index (κ3) is 91.1. The number of amides is 1. The Labute approximate surface area is 593 Å². The number of ketones is 3. The number of Topliss-reactive ketones (excluding diaryl/α,β-unsaturated/α-hetero) is 3. The van der Waals surface area contributed by atoms with Crippen LogP contribution in [0.3, 0.4) is 0 Å². The van der Waals surface area contributed by atoms with Crippen LogP contribution in [0.4, 0.5) is 0 Å². The van der Waals surface area contributed by atoms with Crippen LogP contribution in [0.15, 0.2) is 66.5 Å². The Balaban J connectivity index is -0.000000118. The van der Waals surface area contributed by atoms with E-state index in [0.717, 1.165) is 72.2 Å². The predicted molar refractivity (Wildman–Crippen MR) is 349 cm³/mol. The minimum atomic E-state index is -3.32. The summed E-state index contributed by atoms with van der Waals surface area (Å²) in [5.74, 6) is -5.03. The number of unbranched alkanes of at least 4 members (excludes halogenated alkanes) is 1. The summed E-state index contributed by atoms with van der Waals surface area (Å²) in [5, 5.41) is 4.40. The second-order valence-electron chi connectivity index (χ2n) is 17.5. The van der Waals surface area contributed by atoms with Gasteiger partial charge < -0.3 is 31.6 Å². The van der Waals surface area contributed by atoms with Gasteiger partial charge >= 0.3 is 5.97 Å². The number of hydrogen-bond donors (Lipinski definition) is 1. The summed E-state index contributed by atoms with van der Waals surface area (Å²) in [6, 6.07) is 10.5. The molecule has 0 fully saturated rings. The summed E-state index contributed by atoms with van der Waals surface area (Å²) in [6.45, 7) is 24.6. The van der Waals surface area contributed by atoms with Gasteiger partial charge in [-0.3, -0.25) is 24.0 Å². The molecule has 0 saturated heterocycles. The Kier molecular flexibility index (Phi) is 71.0. The van der Waals surface area contributed by atoms with E-state index in [1.807, 2.05) is 19.9 Å². The Hall–Kier alpha value is -1.19. The average molecular weight is 1640 g/mol. The summed E-state index contributed by atoms with van der Waals surface area (Å²) in [4.78, 5) is 54.0. The molecule has 0 bridgehead atoms. The van der Waals surface area contributed by atoms with Crippen molar-refractivity contribution in [3.8, 4) is 0 Å². The van der Waals surface area contributed by atoms with E-state index in [2.05, 4.69) is 61.0 Å². The number of sulfone groups is 5. The standard InChI is InChI=1S/C8H10.C7H13O5S2.C7H12O3S.C6H11O5S2.C6H12O3S.C6H12O2S.C5H11NO3S2.C5H10O4S2.2Y/c1-2-8-6-4-3-5-7-8;1-3-7(8)6(4-13(9)10)5-14(2,11)12;1-4-7(8)6(2)5-11(3,9)10;1-5(7)6(3-12(8)9)4-13(2,10)11;1-3-9-5-6-10(7,8)4-2;1-3-5-6-9(7,8)4-2;1-3-5(7)6-4-10-11(2,8)9;1-3-9-5(6)4-10-11(2,7)8;;/h3-7H,2H2,1H3;6H,3-5H2,1-2H3;2,4-5H2,1,3H3;6H,3-4H2,1-2H3;4H,2-3,5-6H2,1H3;4H,2-3,5-6H2,1H3;3-4H2,1-2H3,(H,6,7);3-4H2,1-2H3;;/q;-1;;-1;;;;;;. The number of carbonyl (C=O) groups excluding carboxylic acids is 5. The molecule has 0 aromatic heterocycles. The van der Waals surface area contributed by atoms with Gasteiger partial charge in [0.25, 0.3) is 0 Å². The van der Waals surface area contributed by atoms with Crippen LogP contribution in [-0.4, -0.2) is 191 Å². The fourth-order valence-electron chi connectivity index (χ4n) is 4.76. The van der Waals surface area contributed by atoms with E-state index in [0.29, 0.717) is 30.2 Å². The third-order valence-electron chi connectivity index (χ3n) is 9.03. The van der Waals surface area contributed by atoms with E-state index >= 15 is 0 Å². The molecule has 2 unspecified atom stereocenters. The van der Waals surface area contributed by atoms with Gasteiger partial charge in [-0.15, -0.1) is 0 Å². The summed E-state index contributed by atoms with van der Waals surface area (Å²) in [5.41, 5.74) is 1.59. The Morgan fingerprint density at radius 3 is 1.36 bits per heavy atom. The number of esters is 1. The maximum atomic E-state index is 11.2. The van der Waals surface area contributed by atoms with E-state index in [9.17, 15) is 99.7 Å². The minimum Gasteiger partial charge on any atom is -0.465 e. The fraction of sp³-hybridized carbons (Fsp3) is 0.660. The van der Waals surface area contributed by atoms with Crippen LogP contribution in [0.2, 0.25) is 0 Å². The number of carbonyl (C=O) groups is 5. The molecular weight excluding hydrogens is 1550 g/mol. The van der Waals surface area contributed by atoms with Crippen LogP contribution in [0.5, 0.6) is 0 Å². The zero-order chi connectivity index (χ0) is 70.1. The van der Waals surface area contributed by atoms with E-state index in [4.69, 9.17) is 4.74 Å². The predicted octanol–water partition coefficient (Wildman–Crippen LogP) is 4.62. The van der Waals surface area contributed by atoms with Crippen molar-refractivity contribution in [3.63, 3.8) is 0 Å². The first kappa shape index (κ1) is 107. The summed E-state index contributed by atoms with van der Waals surface area (Å²) in [7, 11) is -25.3. The van der Waals surface area contributed by atoms with Crippen LogP contribution in [0.25, 0.3) is 0 Å². The zero-order valence-corrected chi connectivity index (χ0v) is 67.6. The Bertz CT molecular complexity index is 3190. The second-order valence-corrected chi connectivity index (χ2v) is 39.0. The molecule has 0 heterocycles. The summed E-state index contributed by atoms with van der Waals surface area (Å²) < 4.78 is 200. The van der Waals surface area contributed by atoms with E-state index in [1.54, 1.807) is 27.7 Å². The molecule has 39 heteroatoms. The van der Waals surface area contributed by atoms with Crippen molar-refractivity contribution >= 4 is 139 Å². The molecule has 1 aromatic carbocycles. The number of hydrogen-bond acceptors (Lipinski definition) is 29. The van der Waals surface area contributed by atoms with Gasteiger partial charge in [-0.05, 0) is 60.8 Å². The van der Waals surface area contributed by atoms with E-state index in [-0.39, 0.29) is 137 Å². The summed E-state index contributed by atoms with van der Waals surface area (Å²) >= 11 is 0. The molecule has 0 aliphatic carbocycles. The van der Waals surface area contributed by atoms with Crippen molar-refractivity contribution in [2.75, 3.05) is 103 Å². The number of ether oxygens (including phenoxy) is 2. The van der Waals surface area contributed by atoms with Crippen LogP contribution >= 0.6 is 21.6 Å². The first-order valence-corrected chi connectivity index (χ1v) is 44.6. The molecule has 0 aliphatic heterocycles. The van der Waals surface area contributed by atoms with E-state index in [1.165, 1.54) is 12.5 Å². The van der Waals surface area contributed by atoms with Crippen LogP contribution in [0.1, 0.15) is 93.1 Å². The first-order valence-electron chi connectivity index (χ1n) is 25.8. The van der Waals surface area contributed by atoms with Crippen molar-refractivity contribution in [2.24, 2.45) is 11.8 Å². The largest absolute Gasteiger partial charge is 0.465 e. The van der Waals surface area contributed by atoms with Gasteiger partial charge in [0.1, 0.15) is 37.0 Å². The molecule has 1 rings (SSSR count). The smallest absolute Gasteiger partial charge is 0.316 e. The normalized spacial score (nSPS) is 11.7. The van der Waals surface area contributed by atoms with Gasteiger partial charge in [0.15, 0.2) is 53.0 Å². The molecule has 0 spiro atoms. The maximum absolute atomic E-state index is 11.2. The Morgan fingerprint density at radius 1 is 0.607 bits per heavy atom. The quantitative estimate of drug-likeness (QED) is 0.0250. The molecule has 2 atom stereocenters. The number of aryl methyl sites for hydroxylation is 1. The van der Waals surface area contributed by atoms with Gasteiger partial charge in [0, 0.05) is 151 Å². The van der Waals surface area contributed by atoms with Crippen LogP contribution in [0, 0.1) is 11.8 Å². The summed E-state index contributed by atoms with van der Waals surface area (Å²) in [6.07, 6.45) is 8.82. The monoisotopic (exact) mass is 1640 g/mol. The topological polar surface area (TPSA) is 423 Å². The molecule has 1 N–H and O–H groups in total. The second kappa shape index (κ2) is 59.3. The Morgan fingerprint density at radius 2 is 1.04 bits per heavy atom.